The van der Waals surface area contributed by atoms with Gasteiger partial charge in [0, 0.05) is 29.7 Å². The number of rotatable bonds is 6. The summed E-state index contributed by atoms with van der Waals surface area (Å²) in [6, 6.07) is 17.8. The Bertz CT molecular complexity index is 1100. The van der Waals surface area contributed by atoms with Crippen molar-refractivity contribution in [2.45, 2.75) is 20.0 Å². The molecule has 2 aromatic carbocycles. The summed E-state index contributed by atoms with van der Waals surface area (Å²) in [5.41, 5.74) is 4.67. The summed E-state index contributed by atoms with van der Waals surface area (Å²) in [5, 5.41) is 5.44. The van der Waals surface area contributed by atoms with Crippen LogP contribution in [0.4, 0.5) is 5.69 Å². The van der Waals surface area contributed by atoms with E-state index in [0.717, 1.165) is 34.7 Å². The van der Waals surface area contributed by atoms with E-state index in [9.17, 15) is 4.79 Å². The molecule has 0 saturated heterocycles. The van der Waals surface area contributed by atoms with Crippen LogP contribution in [0.3, 0.4) is 0 Å². The van der Waals surface area contributed by atoms with E-state index >= 15 is 0 Å². The lowest BCUT2D eigenvalue weighted by atomic mass is 10.1. The summed E-state index contributed by atoms with van der Waals surface area (Å²) < 4.78 is 0. The van der Waals surface area contributed by atoms with E-state index in [2.05, 4.69) is 26.7 Å². The van der Waals surface area contributed by atoms with Crippen LogP contribution in [0.2, 0.25) is 0 Å². The van der Waals surface area contributed by atoms with Gasteiger partial charge in [-0.15, -0.1) is 11.3 Å². The molecule has 0 aliphatic carbocycles. The maximum atomic E-state index is 12.9. The number of imidazole rings is 1. The van der Waals surface area contributed by atoms with Gasteiger partial charge in [0.2, 0.25) is 0 Å². The maximum Gasteiger partial charge on any atom is 0.254 e. The van der Waals surface area contributed by atoms with Gasteiger partial charge in [0.1, 0.15) is 5.82 Å². The fraction of sp³-hybridized carbons (Fsp3) is 0.182. The molecule has 6 heteroatoms. The molecule has 4 rings (SSSR count). The van der Waals surface area contributed by atoms with Crippen LogP contribution in [0.1, 0.15) is 26.6 Å². The predicted octanol–water partition coefficient (Wildman–Crippen LogP) is 4.82. The first-order valence-corrected chi connectivity index (χ1v) is 10.0. The molecule has 0 aliphatic rings. The Morgan fingerprint density at radius 1 is 1.18 bits per heavy atom. The first kappa shape index (κ1) is 18.3. The summed E-state index contributed by atoms with van der Waals surface area (Å²) in [6.07, 6.45) is 0. The molecule has 0 bridgehead atoms. The summed E-state index contributed by atoms with van der Waals surface area (Å²) in [5.74, 6) is 0.754. The topological polar surface area (TPSA) is 61.0 Å². The largest absolute Gasteiger partial charge is 0.380 e. The van der Waals surface area contributed by atoms with Gasteiger partial charge in [-0.1, -0.05) is 24.3 Å². The van der Waals surface area contributed by atoms with Crippen molar-refractivity contribution in [2.24, 2.45) is 0 Å². The van der Waals surface area contributed by atoms with Crippen LogP contribution >= 0.6 is 11.3 Å². The van der Waals surface area contributed by atoms with Crippen LogP contribution in [-0.4, -0.2) is 27.8 Å². The lowest BCUT2D eigenvalue weighted by Gasteiger charge is -2.16. The molecule has 0 fully saturated rings. The van der Waals surface area contributed by atoms with E-state index < -0.39 is 0 Å². The number of carbonyl (C=O) groups excluding carboxylic acids is 1. The number of hydrogen-bond acceptors (Lipinski definition) is 4. The van der Waals surface area contributed by atoms with Crippen LogP contribution in [0.25, 0.3) is 11.0 Å². The van der Waals surface area contributed by atoms with E-state index in [1.807, 2.05) is 55.5 Å². The average molecular weight is 391 g/mol. The number of aryl methyl sites for hydroxylation is 1. The normalized spacial score (nSPS) is 10.9. The number of aromatic amines is 1. The molecule has 2 aromatic heterocycles. The molecule has 142 valence electrons. The SMILES string of the molecule is Cc1cccc2[nH]c(CN(C)C(=O)c3cccc(NCc4cccs4)c3)nc12. The highest BCUT2D eigenvalue weighted by Gasteiger charge is 2.15. The second-order valence-corrected chi connectivity index (χ2v) is 7.86. The Balaban J connectivity index is 1.45. The Labute approximate surface area is 168 Å². The lowest BCUT2D eigenvalue weighted by molar-refractivity contribution is 0.0782. The zero-order chi connectivity index (χ0) is 19.5. The monoisotopic (exact) mass is 390 g/mol. The highest BCUT2D eigenvalue weighted by Crippen LogP contribution is 2.18. The van der Waals surface area contributed by atoms with Gasteiger partial charge in [-0.25, -0.2) is 4.98 Å². The van der Waals surface area contributed by atoms with E-state index in [0.29, 0.717) is 12.1 Å². The smallest absolute Gasteiger partial charge is 0.254 e. The minimum Gasteiger partial charge on any atom is -0.380 e. The van der Waals surface area contributed by atoms with Crippen molar-refractivity contribution in [2.75, 3.05) is 12.4 Å². The van der Waals surface area contributed by atoms with Gasteiger partial charge in [-0.2, -0.15) is 0 Å². The molecular weight excluding hydrogens is 368 g/mol. The quantitative estimate of drug-likeness (QED) is 0.496. The molecular formula is C22H22N4OS. The molecule has 4 aromatic rings. The molecule has 28 heavy (non-hydrogen) atoms. The fourth-order valence-corrected chi connectivity index (χ4v) is 3.83. The number of carbonyl (C=O) groups is 1. The Morgan fingerprint density at radius 3 is 2.82 bits per heavy atom. The third-order valence-corrected chi connectivity index (χ3v) is 5.53. The third-order valence-electron chi connectivity index (χ3n) is 4.65. The number of benzene rings is 2. The second kappa shape index (κ2) is 7.86. The zero-order valence-corrected chi connectivity index (χ0v) is 16.7. The van der Waals surface area contributed by atoms with Gasteiger partial charge in [-0.3, -0.25) is 4.79 Å². The number of hydrogen-bond donors (Lipinski definition) is 2. The standard InChI is InChI=1S/C22H22N4OS/c1-15-6-3-10-19-21(15)25-20(24-19)14-26(2)22(27)16-7-4-8-17(12-16)23-13-18-9-5-11-28-18/h3-12,23H,13-14H2,1-2H3,(H,24,25). The number of nitrogens with one attached hydrogen (secondary N) is 2. The summed E-state index contributed by atoms with van der Waals surface area (Å²) >= 11 is 1.71. The number of amides is 1. The van der Waals surface area contributed by atoms with Gasteiger partial charge >= 0.3 is 0 Å². The minimum atomic E-state index is -0.0306. The summed E-state index contributed by atoms with van der Waals surface area (Å²) in [6.45, 7) is 3.22. The summed E-state index contributed by atoms with van der Waals surface area (Å²) in [7, 11) is 1.80. The molecule has 1 amide bonds. The van der Waals surface area contributed by atoms with Gasteiger partial charge < -0.3 is 15.2 Å². The molecule has 0 aliphatic heterocycles. The first-order valence-electron chi connectivity index (χ1n) is 9.16. The van der Waals surface area contributed by atoms with E-state index in [4.69, 9.17) is 0 Å². The molecule has 0 spiro atoms. The Kier molecular flexibility index (Phi) is 5.12. The van der Waals surface area contributed by atoms with Gasteiger partial charge in [0.05, 0.1) is 17.6 Å². The molecule has 0 saturated carbocycles. The Morgan fingerprint density at radius 2 is 2.04 bits per heavy atom. The van der Waals surface area contributed by atoms with Crippen LogP contribution in [-0.2, 0) is 13.1 Å². The number of thiophene rings is 1. The fourth-order valence-electron chi connectivity index (χ4n) is 3.18. The Hall–Kier alpha value is -3.12. The van der Waals surface area contributed by atoms with E-state index in [1.165, 1.54) is 4.88 Å². The highest BCUT2D eigenvalue weighted by molar-refractivity contribution is 7.09. The van der Waals surface area contributed by atoms with Crippen molar-refractivity contribution in [1.82, 2.24) is 14.9 Å². The van der Waals surface area contributed by atoms with Crippen molar-refractivity contribution >= 4 is 34.0 Å². The van der Waals surface area contributed by atoms with Crippen molar-refractivity contribution in [3.8, 4) is 0 Å². The van der Waals surface area contributed by atoms with Gasteiger partial charge in [0.15, 0.2) is 0 Å². The number of anilines is 1. The average Bonchev–Trinajstić information content (AvgIpc) is 3.36. The number of fused-ring (bicyclic) bond motifs is 1. The molecule has 0 atom stereocenters. The highest BCUT2D eigenvalue weighted by atomic mass is 32.1. The van der Waals surface area contributed by atoms with Crippen molar-refractivity contribution in [1.29, 1.82) is 0 Å². The van der Waals surface area contributed by atoms with Crippen LogP contribution < -0.4 is 5.32 Å². The van der Waals surface area contributed by atoms with Crippen molar-refractivity contribution in [3.05, 3.63) is 81.8 Å². The van der Waals surface area contributed by atoms with E-state index in [-0.39, 0.29) is 5.91 Å². The minimum absolute atomic E-state index is 0.0306. The molecule has 5 nitrogen and oxygen atoms in total. The van der Waals surface area contributed by atoms with Gasteiger partial charge in [0.25, 0.3) is 5.91 Å². The zero-order valence-electron chi connectivity index (χ0n) is 15.9. The third kappa shape index (κ3) is 3.92. The molecule has 0 radical (unpaired) electrons. The molecule has 0 unspecified atom stereocenters. The van der Waals surface area contributed by atoms with Crippen molar-refractivity contribution in [3.63, 3.8) is 0 Å². The summed E-state index contributed by atoms with van der Waals surface area (Å²) in [4.78, 5) is 23.8. The van der Waals surface area contributed by atoms with Crippen LogP contribution in [0, 0.1) is 6.92 Å². The first-order chi connectivity index (χ1) is 13.6. The van der Waals surface area contributed by atoms with Gasteiger partial charge in [-0.05, 0) is 48.2 Å². The maximum absolute atomic E-state index is 12.9. The van der Waals surface area contributed by atoms with Crippen molar-refractivity contribution < 1.29 is 4.79 Å². The number of para-hydroxylation sites is 1. The van der Waals surface area contributed by atoms with Crippen LogP contribution in [0.15, 0.2) is 60.0 Å². The van der Waals surface area contributed by atoms with Crippen LogP contribution in [0.5, 0.6) is 0 Å². The molecule has 2 heterocycles. The molecule has 2 N–H and O–H groups in total. The number of H-pyrrole nitrogens is 1. The second-order valence-electron chi connectivity index (χ2n) is 6.83. The van der Waals surface area contributed by atoms with E-state index in [1.54, 1.807) is 23.3 Å². The number of aromatic nitrogens is 2. The predicted molar refractivity (Wildman–Crippen MR) is 115 cm³/mol. The lowest BCUT2D eigenvalue weighted by Crippen LogP contribution is -2.26. The number of nitrogens with zero attached hydrogens (tertiary/aromatic N) is 2.